The first-order chi connectivity index (χ1) is 14.0. The molecule has 0 aromatic carbocycles. The van der Waals surface area contributed by atoms with Gasteiger partial charge in [0.25, 0.3) is 11.5 Å². The zero-order valence-electron chi connectivity index (χ0n) is 17.8. The summed E-state index contributed by atoms with van der Waals surface area (Å²) < 4.78 is 2.66. The van der Waals surface area contributed by atoms with E-state index in [0.29, 0.717) is 23.5 Å². The molecule has 0 saturated carbocycles. The van der Waals surface area contributed by atoms with Gasteiger partial charge in [0.2, 0.25) is 0 Å². The van der Waals surface area contributed by atoms with Crippen LogP contribution in [-0.2, 0) is 6.54 Å². The van der Waals surface area contributed by atoms with E-state index in [0.717, 1.165) is 55.3 Å². The molecule has 0 N–H and O–H groups in total. The van der Waals surface area contributed by atoms with Crippen molar-refractivity contribution in [3.8, 4) is 0 Å². The summed E-state index contributed by atoms with van der Waals surface area (Å²) >= 11 is 1.56. The lowest BCUT2D eigenvalue weighted by atomic mass is 10.0. The molecule has 2 aliphatic heterocycles. The highest BCUT2D eigenvalue weighted by molar-refractivity contribution is 7.19. The summed E-state index contributed by atoms with van der Waals surface area (Å²) in [4.78, 5) is 34.3. The van der Waals surface area contributed by atoms with E-state index < -0.39 is 0 Å². The van der Waals surface area contributed by atoms with Crippen LogP contribution < -0.4 is 5.56 Å². The number of thiophene rings is 1. The third-order valence-corrected chi connectivity index (χ3v) is 7.55. The van der Waals surface area contributed by atoms with E-state index in [4.69, 9.17) is 0 Å². The van der Waals surface area contributed by atoms with Crippen LogP contribution in [0.2, 0.25) is 0 Å². The second kappa shape index (κ2) is 8.58. The maximum absolute atomic E-state index is 13.4. The molecule has 4 heterocycles. The lowest BCUT2D eigenvalue weighted by Gasteiger charge is -2.42. The molecular formula is C22H32N4O2S. The van der Waals surface area contributed by atoms with Crippen molar-refractivity contribution < 1.29 is 4.79 Å². The monoisotopic (exact) mass is 416 g/mol. The number of carbonyl (C=O) groups excluding carboxylic acids is 1. The smallest absolute Gasteiger partial charge is 0.260 e. The minimum absolute atomic E-state index is 0.0259. The summed E-state index contributed by atoms with van der Waals surface area (Å²) in [5.74, 6) is 0.0307. The third-order valence-electron chi connectivity index (χ3n) is 6.48. The van der Waals surface area contributed by atoms with Gasteiger partial charge in [0, 0.05) is 54.5 Å². The Balaban J connectivity index is 1.52. The average molecular weight is 417 g/mol. The van der Waals surface area contributed by atoms with Gasteiger partial charge < -0.3 is 14.4 Å². The van der Waals surface area contributed by atoms with E-state index in [-0.39, 0.29) is 11.5 Å². The number of carbonyl (C=O) groups is 1. The predicted octanol–water partition coefficient (Wildman–Crippen LogP) is 2.63. The number of likely N-dealkylation sites (tertiary alicyclic amines) is 1. The average Bonchev–Trinajstić information content (AvgIpc) is 3.07. The van der Waals surface area contributed by atoms with Gasteiger partial charge in [-0.15, -0.1) is 11.3 Å². The van der Waals surface area contributed by atoms with Gasteiger partial charge >= 0.3 is 0 Å². The molecule has 2 fully saturated rings. The zero-order valence-corrected chi connectivity index (χ0v) is 18.6. The summed E-state index contributed by atoms with van der Waals surface area (Å²) in [7, 11) is 2.19. The van der Waals surface area contributed by atoms with Gasteiger partial charge in [-0.05, 0) is 52.4 Å². The number of piperidine rings is 1. The summed E-state index contributed by atoms with van der Waals surface area (Å²) in [6.07, 6.45) is 5.20. The number of hydrogen-bond acceptors (Lipinski definition) is 5. The summed E-state index contributed by atoms with van der Waals surface area (Å²) in [5.41, 5.74) is 0.607. The van der Waals surface area contributed by atoms with Crippen molar-refractivity contribution in [1.29, 1.82) is 0 Å². The van der Waals surface area contributed by atoms with Crippen molar-refractivity contribution in [3.63, 3.8) is 0 Å². The molecule has 1 amide bonds. The molecule has 2 aromatic heterocycles. The molecule has 7 heteroatoms. The number of rotatable bonds is 4. The minimum atomic E-state index is -0.0259. The Hall–Kier alpha value is -1.70. The van der Waals surface area contributed by atoms with E-state index >= 15 is 0 Å². The fraction of sp³-hybridized carbons (Fsp3) is 0.636. The molecule has 0 atom stereocenters. The van der Waals surface area contributed by atoms with Crippen LogP contribution in [0, 0.1) is 6.92 Å². The molecule has 29 heavy (non-hydrogen) atoms. The van der Waals surface area contributed by atoms with Crippen molar-refractivity contribution >= 4 is 27.3 Å². The van der Waals surface area contributed by atoms with Crippen LogP contribution in [0.4, 0.5) is 0 Å². The molecule has 0 aliphatic carbocycles. The van der Waals surface area contributed by atoms with Crippen molar-refractivity contribution in [2.45, 2.75) is 45.7 Å². The van der Waals surface area contributed by atoms with Crippen LogP contribution in [0.3, 0.4) is 0 Å². The van der Waals surface area contributed by atoms with E-state index in [1.807, 2.05) is 24.1 Å². The second-order valence-corrected chi connectivity index (χ2v) is 9.71. The van der Waals surface area contributed by atoms with Crippen molar-refractivity contribution in [3.05, 3.63) is 33.1 Å². The van der Waals surface area contributed by atoms with Crippen molar-refractivity contribution in [1.82, 2.24) is 19.3 Å². The maximum Gasteiger partial charge on any atom is 0.260 e. The second-order valence-electron chi connectivity index (χ2n) is 8.45. The van der Waals surface area contributed by atoms with Gasteiger partial charge in [-0.3, -0.25) is 14.5 Å². The molecule has 0 radical (unpaired) electrons. The maximum atomic E-state index is 13.4. The molecule has 0 spiro atoms. The Morgan fingerprint density at radius 3 is 2.48 bits per heavy atom. The lowest BCUT2D eigenvalue weighted by Crippen LogP contribution is -2.54. The van der Waals surface area contributed by atoms with Gasteiger partial charge in [0.05, 0.1) is 10.9 Å². The summed E-state index contributed by atoms with van der Waals surface area (Å²) in [6.45, 7) is 10.4. The molecule has 0 unspecified atom stereocenters. The van der Waals surface area contributed by atoms with Crippen molar-refractivity contribution in [2.24, 2.45) is 0 Å². The molecule has 6 nitrogen and oxygen atoms in total. The Bertz CT molecular complexity index is 934. The Kier molecular flexibility index (Phi) is 6.08. The number of aromatic nitrogens is 1. The molecule has 2 saturated heterocycles. The van der Waals surface area contributed by atoms with Crippen LogP contribution >= 0.6 is 11.3 Å². The highest BCUT2D eigenvalue weighted by Gasteiger charge is 2.30. The number of fused-ring (bicyclic) bond motifs is 1. The molecular weight excluding hydrogens is 384 g/mol. The Labute approximate surface area is 176 Å². The van der Waals surface area contributed by atoms with Crippen LogP contribution in [0.25, 0.3) is 10.1 Å². The van der Waals surface area contributed by atoms with Crippen molar-refractivity contribution in [2.75, 3.05) is 46.3 Å². The largest absolute Gasteiger partial charge is 0.336 e. The first-order valence-electron chi connectivity index (χ1n) is 10.8. The van der Waals surface area contributed by atoms with Gasteiger partial charge in [-0.25, -0.2) is 0 Å². The number of pyridine rings is 1. The van der Waals surface area contributed by atoms with E-state index in [9.17, 15) is 9.59 Å². The van der Waals surface area contributed by atoms with E-state index in [1.165, 1.54) is 12.8 Å². The summed E-state index contributed by atoms with van der Waals surface area (Å²) in [5, 5.41) is 0.617. The number of amides is 1. The lowest BCUT2D eigenvalue weighted by molar-refractivity contribution is 0.0476. The highest BCUT2D eigenvalue weighted by Crippen LogP contribution is 2.30. The first kappa shape index (κ1) is 20.6. The standard InChI is InChI=1S/C22H32N4O2S/c1-4-8-25-11-7-18-20(22(25)28)19(16(2)29-18)21(27)26-14-12-24(13-15-26)17-5-9-23(3)10-6-17/h7,11,17H,4-6,8-10,12-15H2,1-3H3. The summed E-state index contributed by atoms with van der Waals surface area (Å²) in [6, 6.07) is 2.63. The fourth-order valence-electron chi connectivity index (χ4n) is 4.75. The minimum Gasteiger partial charge on any atom is -0.336 e. The number of aryl methyl sites for hydroxylation is 2. The molecule has 0 bridgehead atoms. The number of nitrogens with zero attached hydrogens (tertiary/aromatic N) is 4. The zero-order chi connectivity index (χ0) is 20.5. The van der Waals surface area contributed by atoms with E-state index in [2.05, 4.69) is 23.8 Å². The molecule has 2 aliphatic rings. The third kappa shape index (κ3) is 4.00. The van der Waals surface area contributed by atoms with Crippen LogP contribution in [0.1, 0.15) is 41.4 Å². The molecule has 158 valence electrons. The Morgan fingerprint density at radius 1 is 1.14 bits per heavy atom. The van der Waals surface area contributed by atoms with Gasteiger partial charge in [0.1, 0.15) is 0 Å². The fourth-order valence-corrected chi connectivity index (χ4v) is 5.79. The van der Waals surface area contributed by atoms with E-state index in [1.54, 1.807) is 15.9 Å². The topological polar surface area (TPSA) is 48.8 Å². The van der Waals surface area contributed by atoms with Gasteiger partial charge in [-0.1, -0.05) is 6.92 Å². The number of piperazine rings is 1. The van der Waals surface area contributed by atoms with Crippen LogP contribution in [0.15, 0.2) is 17.1 Å². The highest BCUT2D eigenvalue weighted by atomic mass is 32.1. The van der Waals surface area contributed by atoms with Crippen LogP contribution in [-0.4, -0.2) is 77.5 Å². The Morgan fingerprint density at radius 2 is 1.83 bits per heavy atom. The van der Waals surface area contributed by atoms with Crippen LogP contribution in [0.5, 0.6) is 0 Å². The predicted molar refractivity (Wildman–Crippen MR) is 119 cm³/mol. The normalized spacial score (nSPS) is 19.9. The van der Waals surface area contributed by atoms with Gasteiger partial charge in [-0.2, -0.15) is 0 Å². The molecule has 4 rings (SSSR count). The molecule has 2 aromatic rings. The first-order valence-corrected chi connectivity index (χ1v) is 11.7. The quantitative estimate of drug-likeness (QED) is 0.769. The van der Waals surface area contributed by atoms with Gasteiger partial charge in [0.15, 0.2) is 0 Å². The number of hydrogen-bond donors (Lipinski definition) is 0. The SMILES string of the molecule is CCCn1ccc2sc(C)c(C(=O)N3CCN(C4CCN(C)CC4)CC3)c2c1=O.